The average Bonchev–Trinajstić information content (AvgIpc) is 3.55. The molecule has 10 nitrogen and oxygen atoms in total. The standard InChI is InChI=1S/C19H23N3O2S.C6H10N2S.C3H8O.C2H6O.H3N/c1-11(2)20-19-22-17(10-25-19)16-9-18(24-12(3)4)14-7-6-13(23-5)8-15(14)21-16;1-5(2)8-6-7-3-4-9-6;1-3(2)4;1-3-2;/h6-12H,1-5H3,(H,20,22);3-5H,1-2H3,(H,7,8);3-4H,1-2H3;1-2H3;1H3. The molecular weight excluding hydrogens is 573 g/mol. The first-order valence-electron chi connectivity index (χ1n) is 13.5. The number of thiazole rings is 2. The molecule has 6 N–H and O–H groups in total. The maximum absolute atomic E-state index is 8.06. The Morgan fingerprint density at radius 1 is 0.810 bits per heavy atom. The van der Waals surface area contributed by atoms with Crippen molar-refractivity contribution in [2.24, 2.45) is 0 Å². The van der Waals surface area contributed by atoms with Gasteiger partial charge >= 0.3 is 0 Å². The van der Waals surface area contributed by atoms with Crippen molar-refractivity contribution in [3.63, 3.8) is 0 Å². The van der Waals surface area contributed by atoms with Crippen molar-refractivity contribution >= 4 is 43.8 Å². The number of pyridine rings is 1. The van der Waals surface area contributed by atoms with Crippen LogP contribution in [0.3, 0.4) is 0 Å². The van der Waals surface area contributed by atoms with E-state index in [9.17, 15) is 0 Å². The minimum atomic E-state index is -0.167. The SMILES string of the molecule is CC(C)Nc1nccs1.CC(C)O.COC.COc1ccc2c(OC(C)C)cc(-c3csc(NC(C)C)n3)nc2c1.N. The lowest BCUT2D eigenvalue weighted by Gasteiger charge is -2.14. The predicted molar refractivity (Wildman–Crippen MR) is 180 cm³/mol. The van der Waals surface area contributed by atoms with Crippen LogP contribution < -0.4 is 26.3 Å². The number of hydrogen-bond acceptors (Lipinski definition) is 12. The number of methoxy groups -OCH3 is 2. The molecule has 4 aromatic rings. The molecule has 1 aromatic carbocycles. The van der Waals surface area contributed by atoms with Crippen LogP contribution in [0.2, 0.25) is 0 Å². The minimum absolute atomic E-state index is 0. The van der Waals surface area contributed by atoms with E-state index < -0.39 is 0 Å². The smallest absolute Gasteiger partial charge is 0.183 e. The van der Waals surface area contributed by atoms with Gasteiger partial charge in [-0.3, -0.25) is 0 Å². The fraction of sp³-hybridized carbons (Fsp3) is 0.500. The summed E-state index contributed by atoms with van der Waals surface area (Å²) in [7, 11) is 4.90. The Hall–Kier alpha value is -3.03. The molecule has 4 rings (SSSR count). The summed E-state index contributed by atoms with van der Waals surface area (Å²) in [6, 6.07) is 8.61. The molecule has 236 valence electrons. The summed E-state index contributed by atoms with van der Waals surface area (Å²) in [5, 5.41) is 21.4. The summed E-state index contributed by atoms with van der Waals surface area (Å²) < 4.78 is 15.6. The van der Waals surface area contributed by atoms with Crippen LogP contribution in [0, 0.1) is 0 Å². The minimum Gasteiger partial charge on any atom is -0.497 e. The van der Waals surface area contributed by atoms with Crippen LogP contribution in [-0.4, -0.2) is 65.7 Å². The van der Waals surface area contributed by atoms with Crippen LogP contribution in [0.1, 0.15) is 55.4 Å². The molecule has 0 aliphatic rings. The van der Waals surface area contributed by atoms with E-state index in [0.717, 1.165) is 44.1 Å². The van der Waals surface area contributed by atoms with Gasteiger partial charge in [-0.25, -0.2) is 15.0 Å². The number of rotatable bonds is 8. The van der Waals surface area contributed by atoms with Crippen molar-refractivity contribution in [1.29, 1.82) is 0 Å². The normalized spacial score (nSPS) is 10.2. The number of benzene rings is 1. The zero-order chi connectivity index (χ0) is 30.9. The van der Waals surface area contributed by atoms with Gasteiger partial charge < -0.3 is 36.1 Å². The highest BCUT2D eigenvalue weighted by Crippen LogP contribution is 2.33. The number of ether oxygens (including phenoxy) is 3. The maximum Gasteiger partial charge on any atom is 0.183 e. The third-order valence-corrected chi connectivity index (χ3v) is 5.84. The molecule has 0 atom stereocenters. The Labute approximate surface area is 259 Å². The molecule has 0 unspecified atom stereocenters. The molecule has 0 aliphatic carbocycles. The van der Waals surface area contributed by atoms with Gasteiger partial charge in [-0.1, -0.05) is 0 Å². The number of anilines is 2. The highest BCUT2D eigenvalue weighted by Gasteiger charge is 2.13. The Balaban J connectivity index is 0.000000816. The van der Waals surface area contributed by atoms with Crippen molar-refractivity contribution in [3.8, 4) is 22.9 Å². The van der Waals surface area contributed by atoms with Crippen LogP contribution in [-0.2, 0) is 4.74 Å². The predicted octanol–water partition coefficient (Wildman–Crippen LogP) is 7.75. The molecule has 0 amide bonds. The molecule has 0 bridgehead atoms. The van der Waals surface area contributed by atoms with E-state index in [1.807, 2.05) is 48.9 Å². The summed E-state index contributed by atoms with van der Waals surface area (Å²) in [4.78, 5) is 13.5. The van der Waals surface area contributed by atoms with Gasteiger partial charge in [0.1, 0.15) is 17.2 Å². The first-order chi connectivity index (χ1) is 19.4. The molecule has 42 heavy (non-hydrogen) atoms. The number of hydrogen-bond donors (Lipinski definition) is 4. The van der Waals surface area contributed by atoms with E-state index in [-0.39, 0.29) is 18.4 Å². The van der Waals surface area contributed by atoms with Gasteiger partial charge in [-0.2, -0.15) is 0 Å². The van der Waals surface area contributed by atoms with Gasteiger partial charge in [0, 0.05) is 66.9 Å². The zero-order valence-electron chi connectivity index (χ0n) is 26.9. The summed E-state index contributed by atoms with van der Waals surface area (Å²) in [6.45, 7) is 15.9. The van der Waals surface area contributed by atoms with E-state index >= 15 is 0 Å². The lowest BCUT2D eigenvalue weighted by Crippen LogP contribution is -2.09. The van der Waals surface area contributed by atoms with Crippen molar-refractivity contribution in [1.82, 2.24) is 21.1 Å². The largest absolute Gasteiger partial charge is 0.497 e. The molecule has 0 fully saturated rings. The molecule has 0 spiro atoms. The molecular formula is C30H50N6O4S2. The lowest BCUT2D eigenvalue weighted by molar-refractivity contribution is 0.216. The first kappa shape index (κ1) is 39.0. The fourth-order valence-corrected chi connectivity index (χ4v) is 4.56. The number of nitrogens with one attached hydrogen (secondary N) is 2. The van der Waals surface area contributed by atoms with Crippen LogP contribution in [0.5, 0.6) is 11.5 Å². The van der Waals surface area contributed by atoms with Gasteiger partial charge in [0.25, 0.3) is 0 Å². The van der Waals surface area contributed by atoms with Gasteiger partial charge in [0.2, 0.25) is 0 Å². The van der Waals surface area contributed by atoms with E-state index in [1.165, 1.54) is 0 Å². The van der Waals surface area contributed by atoms with Crippen LogP contribution >= 0.6 is 22.7 Å². The quantitative estimate of drug-likeness (QED) is 0.154. The van der Waals surface area contributed by atoms with Crippen molar-refractivity contribution in [2.45, 2.75) is 79.7 Å². The van der Waals surface area contributed by atoms with E-state index in [0.29, 0.717) is 12.1 Å². The monoisotopic (exact) mass is 622 g/mol. The maximum atomic E-state index is 8.06. The van der Waals surface area contributed by atoms with Gasteiger partial charge in [0.15, 0.2) is 10.3 Å². The molecule has 0 saturated heterocycles. The van der Waals surface area contributed by atoms with Crippen molar-refractivity contribution in [2.75, 3.05) is 32.0 Å². The van der Waals surface area contributed by atoms with Crippen LogP contribution in [0.4, 0.5) is 10.3 Å². The molecule has 0 aliphatic heterocycles. The molecule has 0 saturated carbocycles. The summed E-state index contributed by atoms with van der Waals surface area (Å²) >= 11 is 3.21. The highest BCUT2D eigenvalue weighted by atomic mass is 32.1. The topological polar surface area (TPSA) is 146 Å². The van der Waals surface area contributed by atoms with E-state index in [2.05, 4.69) is 53.0 Å². The Bertz CT molecular complexity index is 1250. The number of fused-ring (bicyclic) bond motifs is 1. The molecule has 12 heteroatoms. The molecule has 0 radical (unpaired) electrons. The Morgan fingerprint density at radius 2 is 1.40 bits per heavy atom. The van der Waals surface area contributed by atoms with Crippen LogP contribution in [0.25, 0.3) is 22.3 Å². The number of aliphatic hydroxyl groups excluding tert-OH is 1. The van der Waals surface area contributed by atoms with Gasteiger partial charge in [-0.15, -0.1) is 22.7 Å². The number of aliphatic hydroxyl groups is 1. The fourth-order valence-electron chi connectivity index (χ4n) is 3.03. The van der Waals surface area contributed by atoms with Crippen molar-refractivity contribution < 1.29 is 19.3 Å². The summed E-state index contributed by atoms with van der Waals surface area (Å²) in [5.74, 6) is 1.58. The zero-order valence-corrected chi connectivity index (χ0v) is 28.5. The number of aromatic nitrogens is 3. The third kappa shape index (κ3) is 15.3. The first-order valence-corrected chi connectivity index (χ1v) is 15.3. The average molecular weight is 623 g/mol. The Morgan fingerprint density at radius 3 is 1.90 bits per heavy atom. The summed E-state index contributed by atoms with van der Waals surface area (Å²) in [6.07, 6.45) is 1.71. The van der Waals surface area contributed by atoms with Gasteiger partial charge in [0.05, 0.1) is 24.4 Å². The highest BCUT2D eigenvalue weighted by molar-refractivity contribution is 7.14. The third-order valence-electron chi connectivity index (χ3n) is 4.36. The summed E-state index contributed by atoms with van der Waals surface area (Å²) in [5.41, 5.74) is 2.47. The molecule has 3 aromatic heterocycles. The van der Waals surface area contributed by atoms with Crippen LogP contribution in [0.15, 0.2) is 41.2 Å². The second-order valence-corrected chi connectivity index (χ2v) is 11.8. The number of nitrogens with zero attached hydrogens (tertiary/aromatic N) is 3. The second kappa shape index (κ2) is 20.8. The van der Waals surface area contributed by atoms with E-state index in [4.69, 9.17) is 19.6 Å². The molecule has 3 heterocycles. The Kier molecular flexibility index (Phi) is 19.3. The van der Waals surface area contributed by atoms with Crippen molar-refractivity contribution in [3.05, 3.63) is 41.2 Å². The van der Waals surface area contributed by atoms with E-state index in [1.54, 1.807) is 64.0 Å². The lowest BCUT2D eigenvalue weighted by atomic mass is 10.1. The second-order valence-electron chi connectivity index (χ2n) is 10.0. The van der Waals surface area contributed by atoms with Gasteiger partial charge in [-0.05, 0) is 67.5 Å².